The molecular formula is C26H22N6O. The summed E-state index contributed by atoms with van der Waals surface area (Å²) in [5, 5.41) is 11.9. The van der Waals surface area contributed by atoms with Crippen LogP contribution in [-0.4, -0.2) is 30.5 Å². The summed E-state index contributed by atoms with van der Waals surface area (Å²) >= 11 is 0. The molecule has 0 spiro atoms. The van der Waals surface area contributed by atoms with Gasteiger partial charge in [-0.3, -0.25) is 10.1 Å². The molecule has 0 aliphatic heterocycles. The summed E-state index contributed by atoms with van der Waals surface area (Å²) in [4.78, 5) is 17.5. The van der Waals surface area contributed by atoms with Gasteiger partial charge in [0.25, 0.3) is 5.91 Å². The number of carbonyl (C=O) groups is 1. The van der Waals surface area contributed by atoms with Crippen molar-refractivity contribution in [1.29, 1.82) is 0 Å². The number of aromatic nitrogens is 5. The Balaban J connectivity index is 1.41. The minimum atomic E-state index is -0.316. The quantitative estimate of drug-likeness (QED) is 0.419. The Hall–Kier alpha value is -4.52. The van der Waals surface area contributed by atoms with Crippen molar-refractivity contribution in [2.45, 2.75) is 13.5 Å². The van der Waals surface area contributed by atoms with E-state index in [-0.39, 0.29) is 11.9 Å². The second kappa shape index (κ2) is 8.92. The van der Waals surface area contributed by atoms with Crippen molar-refractivity contribution < 1.29 is 4.79 Å². The molecule has 0 bridgehead atoms. The highest BCUT2D eigenvalue weighted by atomic mass is 16.1. The molecule has 0 saturated carbocycles. The van der Waals surface area contributed by atoms with Crippen LogP contribution in [0.25, 0.3) is 16.9 Å². The van der Waals surface area contributed by atoms with Crippen LogP contribution in [0.2, 0.25) is 0 Å². The second-order valence-electron chi connectivity index (χ2n) is 7.74. The van der Waals surface area contributed by atoms with Gasteiger partial charge >= 0.3 is 0 Å². The maximum atomic E-state index is 13.2. The van der Waals surface area contributed by atoms with Gasteiger partial charge in [-0.25, -0.2) is 14.3 Å². The van der Waals surface area contributed by atoms with Gasteiger partial charge in [-0.05, 0) is 24.6 Å². The van der Waals surface area contributed by atoms with Crippen LogP contribution < -0.4 is 5.32 Å². The fraction of sp³-hybridized carbons (Fsp3) is 0.0769. The molecule has 0 fully saturated rings. The topological polar surface area (TPSA) is 77.6 Å². The molecule has 0 unspecified atom stereocenters. The molecule has 0 saturated heterocycles. The minimum Gasteiger partial charge on any atom is -0.289 e. The molecule has 1 N–H and O–H groups in total. The molecule has 7 heteroatoms. The number of benzene rings is 3. The van der Waals surface area contributed by atoms with Crippen LogP contribution in [0, 0.1) is 6.92 Å². The lowest BCUT2D eigenvalue weighted by atomic mass is 10.1. The van der Waals surface area contributed by atoms with Crippen molar-refractivity contribution in [3.05, 3.63) is 114 Å². The highest BCUT2D eigenvalue weighted by Crippen LogP contribution is 2.24. The van der Waals surface area contributed by atoms with Gasteiger partial charge in [0.2, 0.25) is 5.95 Å². The fourth-order valence-corrected chi connectivity index (χ4v) is 3.54. The van der Waals surface area contributed by atoms with Crippen LogP contribution in [0.15, 0.2) is 97.5 Å². The van der Waals surface area contributed by atoms with E-state index in [2.05, 4.69) is 46.6 Å². The van der Waals surface area contributed by atoms with Crippen molar-refractivity contribution >= 4 is 11.9 Å². The Morgan fingerprint density at radius 3 is 2.30 bits per heavy atom. The molecule has 33 heavy (non-hydrogen) atoms. The standard InChI is InChI=1S/C26H22N6O/c1-19-12-14-20(15-13-19)16-31-18-27-26(30-31)28-25(33)23-17-32(22-10-6-3-7-11-22)29-24(23)21-8-4-2-5-9-21/h2-15,17-18H,16H2,1H3,(H,28,30,33). The van der Waals surface area contributed by atoms with E-state index in [0.29, 0.717) is 17.8 Å². The highest BCUT2D eigenvalue weighted by molar-refractivity contribution is 6.07. The van der Waals surface area contributed by atoms with Gasteiger partial charge in [-0.15, -0.1) is 5.10 Å². The van der Waals surface area contributed by atoms with Crippen molar-refractivity contribution in [3.63, 3.8) is 0 Å². The predicted octanol–water partition coefficient (Wildman–Crippen LogP) is 4.74. The lowest BCUT2D eigenvalue weighted by molar-refractivity contribution is 0.102. The number of hydrogen-bond acceptors (Lipinski definition) is 4. The SMILES string of the molecule is Cc1ccc(Cn2cnc(NC(=O)c3cn(-c4ccccc4)nc3-c3ccccc3)n2)cc1. The number of rotatable bonds is 6. The lowest BCUT2D eigenvalue weighted by Crippen LogP contribution is -2.14. The van der Waals surface area contributed by atoms with Crippen LogP contribution in [-0.2, 0) is 6.54 Å². The summed E-state index contributed by atoms with van der Waals surface area (Å²) in [7, 11) is 0. The zero-order chi connectivity index (χ0) is 22.6. The first-order valence-corrected chi connectivity index (χ1v) is 10.6. The van der Waals surface area contributed by atoms with Gasteiger partial charge < -0.3 is 0 Å². The number of nitrogens with one attached hydrogen (secondary N) is 1. The summed E-state index contributed by atoms with van der Waals surface area (Å²) in [6.45, 7) is 2.63. The van der Waals surface area contributed by atoms with E-state index < -0.39 is 0 Å². The molecule has 0 radical (unpaired) electrons. The molecule has 0 aliphatic carbocycles. The molecular weight excluding hydrogens is 412 g/mol. The number of aryl methyl sites for hydroxylation is 1. The van der Waals surface area contributed by atoms with Crippen molar-refractivity contribution in [1.82, 2.24) is 24.5 Å². The Kier molecular flexibility index (Phi) is 5.51. The van der Waals surface area contributed by atoms with Crippen LogP contribution in [0.5, 0.6) is 0 Å². The Bertz CT molecular complexity index is 1370. The number of amides is 1. The Morgan fingerprint density at radius 2 is 1.58 bits per heavy atom. The number of para-hydroxylation sites is 1. The van der Waals surface area contributed by atoms with Gasteiger partial charge in [-0.1, -0.05) is 78.4 Å². The maximum absolute atomic E-state index is 13.2. The zero-order valence-electron chi connectivity index (χ0n) is 18.1. The third kappa shape index (κ3) is 4.57. The molecule has 2 heterocycles. The van der Waals surface area contributed by atoms with Crippen LogP contribution >= 0.6 is 0 Å². The van der Waals surface area contributed by atoms with Crippen molar-refractivity contribution in [2.75, 3.05) is 5.32 Å². The number of anilines is 1. The molecule has 162 valence electrons. The first-order valence-electron chi connectivity index (χ1n) is 10.6. The largest absolute Gasteiger partial charge is 0.289 e. The van der Waals surface area contributed by atoms with Crippen LogP contribution in [0.3, 0.4) is 0 Å². The normalized spacial score (nSPS) is 10.8. The van der Waals surface area contributed by atoms with Gasteiger partial charge in [0.15, 0.2) is 0 Å². The zero-order valence-corrected chi connectivity index (χ0v) is 18.1. The molecule has 0 atom stereocenters. The van der Waals surface area contributed by atoms with Gasteiger partial charge in [0, 0.05) is 11.8 Å². The minimum absolute atomic E-state index is 0.249. The molecule has 2 aromatic heterocycles. The fourth-order valence-electron chi connectivity index (χ4n) is 3.54. The van der Waals surface area contributed by atoms with Gasteiger partial charge in [-0.2, -0.15) is 5.10 Å². The van der Waals surface area contributed by atoms with E-state index in [9.17, 15) is 4.79 Å². The summed E-state index contributed by atoms with van der Waals surface area (Å²) in [6, 6.07) is 27.6. The summed E-state index contributed by atoms with van der Waals surface area (Å²) in [5.41, 5.74) is 5.08. The number of hydrogen-bond donors (Lipinski definition) is 1. The molecule has 0 aliphatic rings. The average Bonchev–Trinajstić information content (AvgIpc) is 3.49. The van der Waals surface area contributed by atoms with E-state index in [1.165, 1.54) is 5.56 Å². The molecule has 7 nitrogen and oxygen atoms in total. The maximum Gasteiger partial charge on any atom is 0.261 e. The predicted molar refractivity (Wildman–Crippen MR) is 127 cm³/mol. The van der Waals surface area contributed by atoms with Crippen molar-refractivity contribution in [2.24, 2.45) is 0 Å². The average molecular weight is 435 g/mol. The molecule has 3 aromatic carbocycles. The Labute approximate surface area is 191 Å². The van der Waals surface area contributed by atoms with Crippen LogP contribution in [0.1, 0.15) is 21.5 Å². The van der Waals surface area contributed by atoms with E-state index in [1.807, 2.05) is 60.7 Å². The first-order chi connectivity index (χ1) is 16.2. The summed E-state index contributed by atoms with van der Waals surface area (Å²) in [6.07, 6.45) is 3.34. The molecule has 5 aromatic rings. The molecule has 1 amide bonds. The van der Waals surface area contributed by atoms with Gasteiger partial charge in [0.1, 0.15) is 12.0 Å². The third-order valence-electron chi connectivity index (χ3n) is 5.25. The van der Waals surface area contributed by atoms with Crippen LogP contribution in [0.4, 0.5) is 5.95 Å². The van der Waals surface area contributed by atoms with E-state index in [1.54, 1.807) is 21.9 Å². The van der Waals surface area contributed by atoms with E-state index in [0.717, 1.165) is 16.8 Å². The Morgan fingerprint density at radius 1 is 0.879 bits per heavy atom. The summed E-state index contributed by atoms with van der Waals surface area (Å²) < 4.78 is 3.41. The third-order valence-corrected chi connectivity index (χ3v) is 5.25. The second-order valence-corrected chi connectivity index (χ2v) is 7.74. The molecule has 5 rings (SSSR count). The number of nitrogens with zero attached hydrogens (tertiary/aromatic N) is 5. The van der Waals surface area contributed by atoms with E-state index >= 15 is 0 Å². The monoisotopic (exact) mass is 434 g/mol. The van der Waals surface area contributed by atoms with Gasteiger partial charge in [0.05, 0.1) is 17.8 Å². The van der Waals surface area contributed by atoms with Crippen molar-refractivity contribution in [3.8, 4) is 16.9 Å². The lowest BCUT2D eigenvalue weighted by Gasteiger charge is -2.03. The number of carbonyl (C=O) groups excluding carboxylic acids is 1. The first kappa shape index (κ1) is 20.4. The van der Waals surface area contributed by atoms with E-state index in [4.69, 9.17) is 5.10 Å². The smallest absolute Gasteiger partial charge is 0.261 e. The highest BCUT2D eigenvalue weighted by Gasteiger charge is 2.20. The summed E-state index contributed by atoms with van der Waals surface area (Å²) in [5.74, 6) is -0.0669.